The summed E-state index contributed by atoms with van der Waals surface area (Å²) in [4.78, 5) is 4.87. The SMILES string of the molecule is N#Cc1ccc(CN2CCCC[C@H]2CN2CCOCC2)c(F)c1. The topological polar surface area (TPSA) is 39.5 Å². The molecular formula is C18H24FN3O. The first-order valence-electron chi connectivity index (χ1n) is 8.49. The van der Waals surface area contributed by atoms with Crippen LogP contribution >= 0.6 is 0 Å². The molecule has 2 saturated heterocycles. The van der Waals surface area contributed by atoms with Crippen LogP contribution < -0.4 is 0 Å². The number of likely N-dealkylation sites (tertiary alicyclic amines) is 1. The zero-order chi connectivity index (χ0) is 16.1. The molecule has 0 aliphatic carbocycles. The van der Waals surface area contributed by atoms with E-state index in [0.717, 1.165) is 39.4 Å². The van der Waals surface area contributed by atoms with Gasteiger partial charge in [0.15, 0.2) is 0 Å². The van der Waals surface area contributed by atoms with Crippen LogP contribution in [0.25, 0.3) is 0 Å². The third-order valence-electron chi connectivity index (χ3n) is 4.88. The predicted octanol–water partition coefficient (Wildman–Crippen LogP) is 2.38. The summed E-state index contributed by atoms with van der Waals surface area (Å²) in [6.07, 6.45) is 3.61. The summed E-state index contributed by atoms with van der Waals surface area (Å²) in [5.41, 5.74) is 1.08. The van der Waals surface area contributed by atoms with E-state index in [1.165, 1.54) is 25.3 Å². The van der Waals surface area contributed by atoms with Gasteiger partial charge in [0.05, 0.1) is 24.8 Å². The highest BCUT2D eigenvalue weighted by molar-refractivity contribution is 5.32. The van der Waals surface area contributed by atoms with E-state index in [-0.39, 0.29) is 5.82 Å². The van der Waals surface area contributed by atoms with Crippen LogP contribution in [-0.2, 0) is 11.3 Å². The fourth-order valence-electron chi connectivity index (χ4n) is 3.52. The van der Waals surface area contributed by atoms with Gasteiger partial charge in [0.25, 0.3) is 0 Å². The Hall–Kier alpha value is -1.48. The van der Waals surface area contributed by atoms with E-state index in [1.54, 1.807) is 12.1 Å². The lowest BCUT2D eigenvalue weighted by atomic mass is 10.00. The smallest absolute Gasteiger partial charge is 0.129 e. The number of rotatable bonds is 4. The fourth-order valence-corrected chi connectivity index (χ4v) is 3.52. The van der Waals surface area contributed by atoms with Crippen molar-refractivity contribution in [2.75, 3.05) is 39.4 Å². The molecule has 1 aromatic rings. The Labute approximate surface area is 137 Å². The van der Waals surface area contributed by atoms with Crippen LogP contribution in [0.15, 0.2) is 18.2 Å². The molecule has 0 radical (unpaired) electrons. The van der Waals surface area contributed by atoms with Crippen LogP contribution in [0.2, 0.25) is 0 Å². The van der Waals surface area contributed by atoms with E-state index >= 15 is 0 Å². The van der Waals surface area contributed by atoms with Gasteiger partial charge in [0.2, 0.25) is 0 Å². The molecule has 0 bridgehead atoms. The van der Waals surface area contributed by atoms with E-state index in [1.807, 2.05) is 6.07 Å². The van der Waals surface area contributed by atoms with Crippen molar-refractivity contribution in [1.29, 1.82) is 5.26 Å². The Morgan fingerprint density at radius 1 is 1.22 bits per heavy atom. The summed E-state index contributed by atoms with van der Waals surface area (Å²) in [5.74, 6) is -0.264. The van der Waals surface area contributed by atoms with Gasteiger partial charge in [-0.2, -0.15) is 5.26 Å². The first kappa shape index (κ1) is 16.4. The minimum Gasteiger partial charge on any atom is -0.379 e. The lowest BCUT2D eigenvalue weighted by Gasteiger charge is -2.39. The lowest BCUT2D eigenvalue weighted by Crippen LogP contribution is -2.49. The van der Waals surface area contributed by atoms with Gasteiger partial charge in [-0.05, 0) is 31.5 Å². The second kappa shape index (κ2) is 7.87. The largest absolute Gasteiger partial charge is 0.379 e. The lowest BCUT2D eigenvalue weighted by molar-refractivity contribution is 0.0151. The Kier molecular flexibility index (Phi) is 5.60. The molecule has 1 aromatic carbocycles. The second-order valence-electron chi connectivity index (χ2n) is 6.45. The molecule has 4 nitrogen and oxygen atoms in total. The molecule has 0 amide bonds. The van der Waals surface area contributed by atoms with Crippen molar-refractivity contribution in [3.63, 3.8) is 0 Å². The Bertz CT molecular complexity index is 566. The van der Waals surface area contributed by atoms with Gasteiger partial charge in [-0.1, -0.05) is 12.5 Å². The van der Waals surface area contributed by atoms with Gasteiger partial charge in [0, 0.05) is 37.8 Å². The molecule has 2 aliphatic heterocycles. The first-order chi connectivity index (χ1) is 11.3. The molecule has 0 spiro atoms. The number of hydrogen-bond donors (Lipinski definition) is 0. The van der Waals surface area contributed by atoms with E-state index in [0.29, 0.717) is 23.7 Å². The summed E-state index contributed by atoms with van der Waals surface area (Å²) >= 11 is 0. The minimum atomic E-state index is -0.264. The fraction of sp³-hybridized carbons (Fsp3) is 0.611. The van der Waals surface area contributed by atoms with Crippen LogP contribution in [0.3, 0.4) is 0 Å². The Balaban J connectivity index is 1.65. The van der Waals surface area contributed by atoms with E-state index < -0.39 is 0 Å². The van der Waals surface area contributed by atoms with Crippen LogP contribution in [0, 0.1) is 17.1 Å². The number of nitriles is 1. The Morgan fingerprint density at radius 3 is 2.78 bits per heavy atom. The minimum absolute atomic E-state index is 0.264. The van der Waals surface area contributed by atoms with Gasteiger partial charge in [-0.3, -0.25) is 9.80 Å². The first-order valence-corrected chi connectivity index (χ1v) is 8.49. The molecular weight excluding hydrogens is 293 g/mol. The predicted molar refractivity (Wildman–Crippen MR) is 86.4 cm³/mol. The molecule has 2 aliphatic rings. The quantitative estimate of drug-likeness (QED) is 0.855. The maximum absolute atomic E-state index is 14.2. The van der Waals surface area contributed by atoms with Crippen molar-refractivity contribution in [3.8, 4) is 6.07 Å². The maximum atomic E-state index is 14.2. The van der Waals surface area contributed by atoms with Crippen LogP contribution in [0.4, 0.5) is 4.39 Å². The molecule has 0 N–H and O–H groups in total. The maximum Gasteiger partial charge on any atom is 0.129 e. The number of hydrogen-bond acceptors (Lipinski definition) is 4. The molecule has 0 saturated carbocycles. The zero-order valence-electron chi connectivity index (χ0n) is 13.5. The number of piperidine rings is 1. The summed E-state index contributed by atoms with van der Waals surface area (Å²) in [7, 11) is 0. The molecule has 0 aromatic heterocycles. The van der Waals surface area contributed by atoms with Crippen molar-refractivity contribution in [1.82, 2.24) is 9.80 Å². The monoisotopic (exact) mass is 317 g/mol. The molecule has 2 fully saturated rings. The number of nitrogens with zero attached hydrogens (tertiary/aromatic N) is 3. The summed E-state index contributed by atoms with van der Waals surface area (Å²) < 4.78 is 19.6. The number of benzene rings is 1. The van der Waals surface area contributed by atoms with Crippen molar-refractivity contribution >= 4 is 0 Å². The molecule has 5 heteroatoms. The highest BCUT2D eigenvalue weighted by Crippen LogP contribution is 2.22. The van der Waals surface area contributed by atoms with E-state index in [4.69, 9.17) is 10.00 Å². The summed E-state index contributed by atoms with van der Waals surface area (Å²) in [6.45, 7) is 6.32. The van der Waals surface area contributed by atoms with Crippen LogP contribution in [0.5, 0.6) is 0 Å². The average molecular weight is 317 g/mol. The Morgan fingerprint density at radius 2 is 2.04 bits per heavy atom. The normalized spacial score (nSPS) is 23.6. The summed E-state index contributed by atoms with van der Waals surface area (Å²) in [6, 6.07) is 7.28. The third-order valence-corrected chi connectivity index (χ3v) is 4.88. The molecule has 2 heterocycles. The van der Waals surface area contributed by atoms with Gasteiger partial charge < -0.3 is 4.74 Å². The van der Waals surface area contributed by atoms with Gasteiger partial charge >= 0.3 is 0 Å². The number of halogens is 1. The highest BCUT2D eigenvalue weighted by atomic mass is 19.1. The molecule has 1 atom stereocenters. The molecule has 0 unspecified atom stereocenters. The number of morpholine rings is 1. The van der Waals surface area contributed by atoms with E-state index in [2.05, 4.69) is 9.80 Å². The third kappa shape index (κ3) is 4.29. The average Bonchev–Trinajstić information content (AvgIpc) is 2.59. The van der Waals surface area contributed by atoms with Crippen LogP contribution in [0.1, 0.15) is 30.4 Å². The second-order valence-corrected chi connectivity index (χ2v) is 6.45. The zero-order valence-corrected chi connectivity index (χ0v) is 13.5. The van der Waals surface area contributed by atoms with Crippen LogP contribution in [-0.4, -0.2) is 55.2 Å². The van der Waals surface area contributed by atoms with Crippen molar-refractivity contribution in [3.05, 3.63) is 35.1 Å². The van der Waals surface area contributed by atoms with Crippen molar-refractivity contribution in [2.45, 2.75) is 31.8 Å². The molecule has 3 rings (SSSR count). The van der Waals surface area contributed by atoms with Crippen molar-refractivity contribution in [2.24, 2.45) is 0 Å². The van der Waals surface area contributed by atoms with Gasteiger partial charge in [-0.15, -0.1) is 0 Å². The van der Waals surface area contributed by atoms with Crippen molar-refractivity contribution < 1.29 is 9.13 Å². The molecule has 124 valence electrons. The van der Waals surface area contributed by atoms with Gasteiger partial charge in [0.1, 0.15) is 5.82 Å². The molecule has 23 heavy (non-hydrogen) atoms. The van der Waals surface area contributed by atoms with E-state index in [9.17, 15) is 4.39 Å². The standard InChI is InChI=1S/C18H24FN3O/c19-18-11-15(12-20)4-5-16(18)13-22-6-2-1-3-17(22)14-21-7-9-23-10-8-21/h4-5,11,17H,1-3,6-10,13-14H2/t17-/m0/s1. The highest BCUT2D eigenvalue weighted by Gasteiger charge is 2.26. The number of ether oxygens (including phenoxy) is 1. The summed E-state index contributed by atoms with van der Waals surface area (Å²) in [5, 5.41) is 8.86. The van der Waals surface area contributed by atoms with Gasteiger partial charge in [-0.25, -0.2) is 4.39 Å².